The Morgan fingerprint density at radius 3 is 2.71 bits per heavy atom. The summed E-state index contributed by atoms with van der Waals surface area (Å²) in [6.07, 6.45) is 11.1. The zero-order valence-corrected chi connectivity index (χ0v) is 19.1. The van der Waals surface area contributed by atoms with Crippen molar-refractivity contribution in [3.8, 4) is 28.5 Å². The van der Waals surface area contributed by atoms with Gasteiger partial charge in [-0.2, -0.15) is 5.10 Å². The molecule has 0 unspecified atom stereocenters. The van der Waals surface area contributed by atoms with Crippen molar-refractivity contribution in [2.75, 3.05) is 14.1 Å². The molecule has 0 aliphatic carbocycles. The number of rotatable bonds is 5. The van der Waals surface area contributed by atoms with Crippen molar-refractivity contribution in [1.29, 1.82) is 0 Å². The fourth-order valence-corrected chi connectivity index (χ4v) is 4.27. The van der Waals surface area contributed by atoms with Gasteiger partial charge in [0.1, 0.15) is 17.8 Å². The zero-order valence-electron chi connectivity index (χ0n) is 19.1. The molecule has 0 saturated carbocycles. The second kappa shape index (κ2) is 7.89. The Balaban J connectivity index is 1.45. The molecule has 6 heterocycles. The molecule has 9 heteroatoms. The summed E-state index contributed by atoms with van der Waals surface area (Å²) in [5.74, 6) is 0.826. The van der Waals surface area contributed by atoms with E-state index >= 15 is 0 Å². The predicted molar refractivity (Wildman–Crippen MR) is 131 cm³/mol. The van der Waals surface area contributed by atoms with E-state index in [2.05, 4.69) is 58.2 Å². The number of nitrogens with zero attached hydrogens (tertiary/aromatic N) is 7. The third-order valence-corrected chi connectivity index (χ3v) is 5.78. The topological polar surface area (TPSA) is 104 Å². The van der Waals surface area contributed by atoms with E-state index in [4.69, 9.17) is 0 Å². The molecule has 0 spiro atoms. The Morgan fingerprint density at radius 2 is 1.88 bits per heavy atom. The molecule has 168 valence electrons. The predicted octanol–water partition coefficient (Wildman–Crippen LogP) is 4.12. The van der Waals surface area contributed by atoms with Gasteiger partial charge in [-0.25, -0.2) is 9.97 Å². The monoisotopic (exact) mass is 449 g/mol. The van der Waals surface area contributed by atoms with Crippen LogP contribution in [0.15, 0.2) is 61.6 Å². The summed E-state index contributed by atoms with van der Waals surface area (Å²) in [5, 5.41) is 9.70. The van der Waals surface area contributed by atoms with Crippen molar-refractivity contribution in [3.63, 3.8) is 0 Å². The maximum Gasteiger partial charge on any atom is 0.147 e. The highest BCUT2D eigenvalue weighted by atomic mass is 15.1. The SMILES string of the molecule is Cc1cn(-c2nccc3[nH]c(-c4n[nH]c5cnc(-c6cncc(CN(C)C)c6)cc45)cc23)cn1. The molecule has 34 heavy (non-hydrogen) atoms. The van der Waals surface area contributed by atoms with Crippen LogP contribution < -0.4 is 0 Å². The first-order valence-corrected chi connectivity index (χ1v) is 11.0. The molecule has 0 aliphatic rings. The van der Waals surface area contributed by atoms with Crippen molar-refractivity contribution in [1.82, 2.24) is 44.6 Å². The third-order valence-electron chi connectivity index (χ3n) is 5.78. The Kier molecular flexibility index (Phi) is 4.70. The molecule has 6 rings (SSSR count). The van der Waals surface area contributed by atoms with Crippen molar-refractivity contribution >= 4 is 21.8 Å². The first-order valence-electron chi connectivity index (χ1n) is 11.0. The highest BCUT2D eigenvalue weighted by Gasteiger charge is 2.15. The van der Waals surface area contributed by atoms with E-state index in [0.29, 0.717) is 0 Å². The van der Waals surface area contributed by atoms with Crippen LogP contribution in [0.4, 0.5) is 0 Å². The number of H-pyrrole nitrogens is 2. The van der Waals surface area contributed by atoms with Crippen LogP contribution in [0.5, 0.6) is 0 Å². The van der Waals surface area contributed by atoms with Crippen molar-refractivity contribution in [2.45, 2.75) is 13.5 Å². The normalized spacial score (nSPS) is 11.8. The Hall–Kier alpha value is -4.37. The molecule has 0 aromatic carbocycles. The first-order chi connectivity index (χ1) is 16.5. The zero-order chi connectivity index (χ0) is 23.2. The minimum atomic E-state index is 0.821. The van der Waals surface area contributed by atoms with Gasteiger partial charge in [-0.3, -0.25) is 19.6 Å². The van der Waals surface area contributed by atoms with Crippen molar-refractivity contribution < 1.29 is 0 Å². The van der Waals surface area contributed by atoms with Crippen LogP contribution in [-0.4, -0.2) is 58.7 Å². The fraction of sp³-hybridized carbons (Fsp3) is 0.160. The summed E-state index contributed by atoms with van der Waals surface area (Å²) < 4.78 is 1.94. The summed E-state index contributed by atoms with van der Waals surface area (Å²) in [4.78, 5) is 23.6. The van der Waals surface area contributed by atoms with E-state index in [-0.39, 0.29) is 0 Å². The summed E-state index contributed by atoms with van der Waals surface area (Å²) >= 11 is 0. The fourth-order valence-electron chi connectivity index (χ4n) is 4.27. The molecule has 0 atom stereocenters. The van der Waals surface area contributed by atoms with Crippen LogP contribution in [0.3, 0.4) is 0 Å². The van der Waals surface area contributed by atoms with Crippen LogP contribution >= 0.6 is 0 Å². The molecule has 6 aromatic rings. The lowest BCUT2D eigenvalue weighted by atomic mass is 10.1. The van der Waals surface area contributed by atoms with Gasteiger partial charge in [-0.15, -0.1) is 0 Å². The number of aromatic nitrogens is 8. The highest BCUT2D eigenvalue weighted by molar-refractivity contribution is 5.98. The minimum absolute atomic E-state index is 0.821. The van der Waals surface area contributed by atoms with Crippen molar-refractivity contribution in [3.05, 3.63) is 72.8 Å². The minimum Gasteiger partial charge on any atom is -0.353 e. The number of imidazole rings is 1. The number of nitrogens with one attached hydrogen (secondary N) is 2. The van der Waals surface area contributed by atoms with E-state index in [1.165, 1.54) is 0 Å². The van der Waals surface area contributed by atoms with E-state index in [9.17, 15) is 0 Å². The standard InChI is InChI=1S/C25H23N9/c1-15-12-34(14-29-15)25-19-8-22(30-20(19)4-5-27-25)24-18-7-21(28-11-23(18)31-32-24)17-6-16(9-26-10-17)13-33(2)3/h4-12,14,30H,13H2,1-3H3,(H,31,32). The average molecular weight is 450 g/mol. The van der Waals surface area contributed by atoms with Gasteiger partial charge < -0.3 is 9.88 Å². The van der Waals surface area contributed by atoms with Gasteiger partial charge in [0.25, 0.3) is 0 Å². The van der Waals surface area contributed by atoms with Gasteiger partial charge >= 0.3 is 0 Å². The number of aryl methyl sites for hydroxylation is 1. The van der Waals surface area contributed by atoms with Gasteiger partial charge in [0.15, 0.2) is 0 Å². The van der Waals surface area contributed by atoms with Crippen LogP contribution in [0.25, 0.3) is 50.3 Å². The number of fused-ring (bicyclic) bond motifs is 2. The van der Waals surface area contributed by atoms with Crippen molar-refractivity contribution in [2.24, 2.45) is 0 Å². The third kappa shape index (κ3) is 3.52. The smallest absolute Gasteiger partial charge is 0.147 e. The van der Waals surface area contributed by atoms with Gasteiger partial charge in [-0.1, -0.05) is 0 Å². The van der Waals surface area contributed by atoms with Gasteiger partial charge in [0.05, 0.1) is 34.3 Å². The van der Waals surface area contributed by atoms with E-state index in [0.717, 1.165) is 68.1 Å². The number of hydrogen-bond acceptors (Lipinski definition) is 6. The van der Waals surface area contributed by atoms with Gasteiger partial charge in [0, 0.05) is 47.7 Å². The quantitative estimate of drug-likeness (QED) is 0.410. The molecule has 6 aromatic heterocycles. The summed E-state index contributed by atoms with van der Waals surface area (Å²) in [6, 6.07) is 8.25. The molecule has 0 aliphatic heterocycles. The largest absolute Gasteiger partial charge is 0.353 e. The number of aromatic amines is 2. The summed E-state index contributed by atoms with van der Waals surface area (Å²) in [6.45, 7) is 2.79. The number of pyridine rings is 3. The Morgan fingerprint density at radius 1 is 0.971 bits per heavy atom. The second-order valence-corrected chi connectivity index (χ2v) is 8.71. The average Bonchev–Trinajstić information content (AvgIpc) is 3.55. The van der Waals surface area contributed by atoms with Crippen LogP contribution in [-0.2, 0) is 6.54 Å². The Labute approximate surface area is 195 Å². The Bertz CT molecular complexity index is 1640. The number of hydrogen-bond donors (Lipinski definition) is 2. The molecule has 0 bridgehead atoms. The highest BCUT2D eigenvalue weighted by Crippen LogP contribution is 2.32. The van der Waals surface area contributed by atoms with Gasteiger partial charge in [0.2, 0.25) is 0 Å². The van der Waals surface area contributed by atoms with Crippen LogP contribution in [0.1, 0.15) is 11.3 Å². The first kappa shape index (κ1) is 20.3. The maximum atomic E-state index is 4.65. The van der Waals surface area contributed by atoms with Gasteiger partial charge in [-0.05, 0) is 50.8 Å². The molecular weight excluding hydrogens is 426 g/mol. The second-order valence-electron chi connectivity index (χ2n) is 8.71. The lowest BCUT2D eigenvalue weighted by Crippen LogP contribution is -2.10. The van der Waals surface area contributed by atoms with E-state index < -0.39 is 0 Å². The maximum absolute atomic E-state index is 4.65. The van der Waals surface area contributed by atoms with Crippen LogP contribution in [0.2, 0.25) is 0 Å². The molecule has 0 fully saturated rings. The molecule has 0 amide bonds. The van der Waals surface area contributed by atoms with E-state index in [1.807, 2.05) is 56.4 Å². The molecule has 2 N–H and O–H groups in total. The lowest BCUT2D eigenvalue weighted by Gasteiger charge is -2.10. The summed E-state index contributed by atoms with van der Waals surface area (Å²) in [7, 11) is 4.09. The molecule has 0 saturated heterocycles. The molecule has 9 nitrogen and oxygen atoms in total. The van der Waals surface area contributed by atoms with E-state index in [1.54, 1.807) is 12.5 Å². The lowest BCUT2D eigenvalue weighted by molar-refractivity contribution is 0.402. The molecule has 0 radical (unpaired) electrons. The summed E-state index contributed by atoms with van der Waals surface area (Å²) in [5.41, 5.74) is 7.52. The molecular formula is C25H23N9. The van der Waals surface area contributed by atoms with Crippen LogP contribution in [0, 0.1) is 6.92 Å².